The lowest BCUT2D eigenvalue weighted by molar-refractivity contribution is 0.324. The second-order valence-electron chi connectivity index (χ2n) is 4.78. The fourth-order valence-corrected chi connectivity index (χ4v) is 2.01. The molecule has 100 valence electrons. The van der Waals surface area contributed by atoms with E-state index in [9.17, 15) is 0 Å². The van der Waals surface area contributed by atoms with Crippen molar-refractivity contribution in [2.45, 2.75) is 71.6 Å². The zero-order chi connectivity index (χ0) is 11.4. The fraction of sp³-hybridized carbons (Fsp3) is 1.00. The molecule has 0 aromatic rings. The van der Waals surface area contributed by atoms with E-state index in [1.807, 2.05) is 0 Å². The van der Waals surface area contributed by atoms with Crippen LogP contribution in [0, 0.1) is 0 Å². The molecule has 0 aromatic heterocycles. The molecule has 0 bridgehead atoms. The minimum Gasteiger partial charge on any atom is -0.306 e. The molecule has 0 radical (unpaired) electrons. The summed E-state index contributed by atoms with van der Waals surface area (Å²) in [5, 5.41) is 0. The van der Waals surface area contributed by atoms with Gasteiger partial charge in [-0.3, -0.25) is 0 Å². The summed E-state index contributed by atoms with van der Waals surface area (Å²) >= 11 is 0. The van der Waals surface area contributed by atoms with Gasteiger partial charge < -0.3 is 4.90 Å². The predicted octanol–water partition coefficient (Wildman–Crippen LogP) is 4.89. The monoisotopic (exact) mass is 249 g/mol. The van der Waals surface area contributed by atoms with Gasteiger partial charge in [-0.15, -0.1) is 12.4 Å². The van der Waals surface area contributed by atoms with Gasteiger partial charge in [0.15, 0.2) is 0 Å². The predicted molar refractivity (Wildman–Crippen MR) is 77.6 cm³/mol. The average Bonchev–Trinajstić information content (AvgIpc) is 2.22. The summed E-state index contributed by atoms with van der Waals surface area (Å²) < 4.78 is 0. The Morgan fingerprint density at radius 3 is 1.62 bits per heavy atom. The van der Waals surface area contributed by atoms with Crippen LogP contribution in [0.5, 0.6) is 0 Å². The second kappa shape index (κ2) is 15.2. The lowest BCUT2D eigenvalue weighted by Crippen LogP contribution is -2.20. The van der Waals surface area contributed by atoms with Crippen molar-refractivity contribution in [2.75, 3.05) is 20.1 Å². The number of halogens is 1. The van der Waals surface area contributed by atoms with Crippen molar-refractivity contribution in [1.82, 2.24) is 4.90 Å². The normalized spacial score (nSPS) is 10.5. The van der Waals surface area contributed by atoms with E-state index in [4.69, 9.17) is 0 Å². The molecule has 0 aromatic carbocycles. The van der Waals surface area contributed by atoms with Gasteiger partial charge in [0.1, 0.15) is 0 Å². The maximum absolute atomic E-state index is 2.46. The van der Waals surface area contributed by atoms with Gasteiger partial charge in [-0.05, 0) is 33.0 Å². The highest BCUT2D eigenvalue weighted by molar-refractivity contribution is 5.85. The maximum atomic E-state index is 2.46. The molecule has 0 rings (SSSR count). The van der Waals surface area contributed by atoms with Crippen LogP contribution in [0.15, 0.2) is 0 Å². The lowest BCUT2D eigenvalue weighted by Gasteiger charge is -2.14. The van der Waals surface area contributed by atoms with Crippen molar-refractivity contribution in [1.29, 1.82) is 0 Å². The van der Waals surface area contributed by atoms with E-state index in [1.54, 1.807) is 0 Å². The van der Waals surface area contributed by atoms with Crippen molar-refractivity contribution in [2.24, 2.45) is 0 Å². The van der Waals surface area contributed by atoms with Crippen LogP contribution in [0.3, 0.4) is 0 Å². The summed E-state index contributed by atoms with van der Waals surface area (Å²) in [7, 11) is 2.24. The number of hydrogen-bond acceptors (Lipinski definition) is 1. The maximum Gasteiger partial charge on any atom is -0.00218 e. The first-order chi connectivity index (χ1) is 7.31. The molecule has 0 saturated heterocycles. The van der Waals surface area contributed by atoms with E-state index < -0.39 is 0 Å². The number of nitrogens with zero attached hydrogens (tertiary/aromatic N) is 1. The first kappa shape index (κ1) is 18.6. The van der Waals surface area contributed by atoms with Crippen molar-refractivity contribution >= 4 is 12.4 Å². The first-order valence-electron chi connectivity index (χ1n) is 6.99. The number of rotatable bonds is 11. The molecular weight excluding hydrogens is 218 g/mol. The topological polar surface area (TPSA) is 3.24 Å². The Balaban J connectivity index is 0. The van der Waals surface area contributed by atoms with E-state index in [0.29, 0.717) is 0 Å². The summed E-state index contributed by atoms with van der Waals surface area (Å²) in [6, 6.07) is 0. The Morgan fingerprint density at radius 1 is 0.625 bits per heavy atom. The molecule has 0 aliphatic carbocycles. The van der Waals surface area contributed by atoms with E-state index in [0.717, 1.165) is 0 Å². The van der Waals surface area contributed by atoms with E-state index in [2.05, 4.69) is 25.8 Å². The van der Waals surface area contributed by atoms with Crippen LogP contribution >= 0.6 is 12.4 Å². The zero-order valence-corrected chi connectivity index (χ0v) is 12.5. The van der Waals surface area contributed by atoms with E-state index in [-0.39, 0.29) is 12.4 Å². The van der Waals surface area contributed by atoms with Crippen LogP contribution in [-0.4, -0.2) is 25.0 Å². The standard InChI is InChI=1S/C14H31N.ClH/c1-4-6-7-8-9-10-11-12-14-15(3)13-5-2;/h4-14H2,1-3H3;1H. The van der Waals surface area contributed by atoms with E-state index >= 15 is 0 Å². The molecule has 0 spiro atoms. The molecular formula is C14H32ClN. The molecule has 1 nitrogen and oxygen atoms in total. The molecule has 0 aliphatic rings. The molecule has 0 atom stereocenters. The lowest BCUT2D eigenvalue weighted by atomic mass is 10.1. The smallest absolute Gasteiger partial charge is 0.00218 e. The highest BCUT2D eigenvalue weighted by atomic mass is 35.5. The van der Waals surface area contributed by atoms with Gasteiger partial charge in [0, 0.05) is 0 Å². The Morgan fingerprint density at radius 2 is 1.12 bits per heavy atom. The second-order valence-corrected chi connectivity index (χ2v) is 4.78. The molecule has 0 saturated carbocycles. The summed E-state index contributed by atoms with van der Waals surface area (Å²) in [5.74, 6) is 0. The van der Waals surface area contributed by atoms with Gasteiger partial charge in [-0.2, -0.15) is 0 Å². The molecule has 0 heterocycles. The number of hydrogen-bond donors (Lipinski definition) is 0. The van der Waals surface area contributed by atoms with Crippen molar-refractivity contribution in [3.05, 3.63) is 0 Å². The average molecular weight is 250 g/mol. The van der Waals surface area contributed by atoms with Crippen LogP contribution in [-0.2, 0) is 0 Å². The van der Waals surface area contributed by atoms with Gasteiger partial charge in [-0.25, -0.2) is 0 Å². The molecule has 0 N–H and O–H groups in total. The summed E-state index contributed by atoms with van der Waals surface area (Å²) in [5.41, 5.74) is 0. The summed E-state index contributed by atoms with van der Waals surface area (Å²) in [6.45, 7) is 7.09. The highest BCUT2D eigenvalue weighted by Crippen LogP contribution is 2.08. The molecule has 0 fully saturated rings. The minimum absolute atomic E-state index is 0. The molecule has 0 aliphatic heterocycles. The molecule has 16 heavy (non-hydrogen) atoms. The molecule has 2 heteroatoms. The Labute approximate surface area is 109 Å². The summed E-state index contributed by atoms with van der Waals surface area (Å²) in [6.07, 6.45) is 12.7. The van der Waals surface area contributed by atoms with Gasteiger partial charge in [-0.1, -0.05) is 58.8 Å². The van der Waals surface area contributed by atoms with Gasteiger partial charge in [0.25, 0.3) is 0 Å². The Hall–Kier alpha value is 0.250. The molecule has 0 unspecified atom stereocenters. The number of unbranched alkanes of at least 4 members (excludes halogenated alkanes) is 7. The van der Waals surface area contributed by atoms with Crippen LogP contribution in [0.4, 0.5) is 0 Å². The largest absolute Gasteiger partial charge is 0.306 e. The Bertz CT molecular complexity index is 117. The van der Waals surface area contributed by atoms with Crippen LogP contribution in [0.25, 0.3) is 0 Å². The first-order valence-corrected chi connectivity index (χ1v) is 6.99. The van der Waals surface area contributed by atoms with Crippen molar-refractivity contribution in [3.8, 4) is 0 Å². The van der Waals surface area contributed by atoms with Crippen LogP contribution < -0.4 is 0 Å². The Kier molecular flexibility index (Phi) is 17.7. The zero-order valence-electron chi connectivity index (χ0n) is 11.6. The van der Waals surface area contributed by atoms with Gasteiger partial charge in [0.2, 0.25) is 0 Å². The third-order valence-corrected chi connectivity index (χ3v) is 3.00. The third-order valence-electron chi connectivity index (χ3n) is 3.00. The van der Waals surface area contributed by atoms with Crippen LogP contribution in [0.2, 0.25) is 0 Å². The van der Waals surface area contributed by atoms with E-state index in [1.165, 1.54) is 70.9 Å². The minimum atomic E-state index is 0. The van der Waals surface area contributed by atoms with Gasteiger partial charge >= 0.3 is 0 Å². The SMILES string of the molecule is CCCCCCCCCCN(C)CCC.Cl. The van der Waals surface area contributed by atoms with Crippen LogP contribution in [0.1, 0.15) is 71.6 Å². The van der Waals surface area contributed by atoms with Crippen molar-refractivity contribution in [3.63, 3.8) is 0 Å². The van der Waals surface area contributed by atoms with Gasteiger partial charge in [0.05, 0.1) is 0 Å². The quantitative estimate of drug-likeness (QED) is 0.471. The molecule has 0 amide bonds. The third kappa shape index (κ3) is 14.2. The fourth-order valence-electron chi connectivity index (χ4n) is 2.01. The van der Waals surface area contributed by atoms with Crippen molar-refractivity contribution < 1.29 is 0 Å². The summed E-state index contributed by atoms with van der Waals surface area (Å²) in [4.78, 5) is 2.46. The highest BCUT2D eigenvalue weighted by Gasteiger charge is 1.96.